The summed E-state index contributed by atoms with van der Waals surface area (Å²) in [5.74, 6) is 0.722. The Morgan fingerprint density at radius 1 is 1.47 bits per heavy atom. The van der Waals surface area contributed by atoms with Crippen LogP contribution in [0.2, 0.25) is 10.0 Å². The van der Waals surface area contributed by atoms with Crippen LogP contribution in [0.15, 0.2) is 12.1 Å². The quantitative estimate of drug-likeness (QED) is 0.933. The van der Waals surface area contributed by atoms with Crippen molar-refractivity contribution in [3.63, 3.8) is 0 Å². The summed E-state index contributed by atoms with van der Waals surface area (Å²) in [4.78, 5) is 14.2. The molecule has 1 aromatic carbocycles. The molecule has 6 heteroatoms. The predicted octanol–water partition coefficient (Wildman–Crippen LogP) is 2.42. The van der Waals surface area contributed by atoms with Crippen molar-refractivity contribution < 1.29 is 9.53 Å². The van der Waals surface area contributed by atoms with Crippen LogP contribution in [0.4, 0.5) is 0 Å². The van der Waals surface area contributed by atoms with Crippen LogP contribution >= 0.6 is 23.2 Å². The van der Waals surface area contributed by atoms with Crippen LogP contribution in [0.3, 0.4) is 0 Å². The zero-order chi connectivity index (χ0) is 14.0. The summed E-state index contributed by atoms with van der Waals surface area (Å²) < 4.78 is 5.20. The highest BCUT2D eigenvalue weighted by molar-refractivity contribution is 6.42. The van der Waals surface area contributed by atoms with Crippen LogP contribution < -0.4 is 10.5 Å². The summed E-state index contributed by atoms with van der Waals surface area (Å²) in [5, 5.41) is 0.719. The number of hydrogen-bond donors (Lipinski definition) is 1. The molecule has 4 nitrogen and oxygen atoms in total. The lowest BCUT2D eigenvalue weighted by Crippen LogP contribution is -2.30. The van der Waals surface area contributed by atoms with E-state index in [0.717, 1.165) is 6.42 Å². The average Bonchev–Trinajstić information content (AvgIpc) is 2.89. The molecule has 1 aliphatic rings. The van der Waals surface area contributed by atoms with E-state index in [1.165, 1.54) is 7.11 Å². The van der Waals surface area contributed by atoms with Gasteiger partial charge in [0.2, 0.25) is 0 Å². The van der Waals surface area contributed by atoms with Crippen molar-refractivity contribution in [2.24, 2.45) is 11.7 Å². The number of ether oxygens (including phenoxy) is 1. The summed E-state index contributed by atoms with van der Waals surface area (Å²) in [5.41, 5.74) is 6.07. The van der Waals surface area contributed by atoms with Gasteiger partial charge >= 0.3 is 0 Å². The zero-order valence-corrected chi connectivity index (χ0v) is 12.2. The van der Waals surface area contributed by atoms with Gasteiger partial charge in [-0.2, -0.15) is 0 Å². The third-order valence-corrected chi connectivity index (χ3v) is 4.10. The minimum atomic E-state index is -0.0913. The van der Waals surface area contributed by atoms with E-state index in [1.54, 1.807) is 17.0 Å². The van der Waals surface area contributed by atoms with Crippen molar-refractivity contribution in [2.45, 2.75) is 6.42 Å². The van der Waals surface area contributed by atoms with Gasteiger partial charge in [-0.3, -0.25) is 4.79 Å². The Morgan fingerprint density at radius 2 is 2.16 bits per heavy atom. The highest BCUT2D eigenvalue weighted by Crippen LogP contribution is 2.32. The maximum absolute atomic E-state index is 12.5. The number of nitrogens with two attached hydrogens (primary N) is 1. The number of carbonyl (C=O) groups is 1. The van der Waals surface area contributed by atoms with E-state index >= 15 is 0 Å². The lowest BCUT2D eigenvalue weighted by Gasteiger charge is -2.18. The molecule has 2 rings (SSSR count). The highest BCUT2D eigenvalue weighted by Gasteiger charge is 2.28. The molecule has 0 radical (unpaired) electrons. The van der Waals surface area contributed by atoms with Gasteiger partial charge in [-0.25, -0.2) is 0 Å². The van der Waals surface area contributed by atoms with Crippen LogP contribution in [-0.4, -0.2) is 37.6 Å². The molecule has 1 fully saturated rings. The van der Waals surface area contributed by atoms with Crippen molar-refractivity contribution in [2.75, 3.05) is 26.7 Å². The van der Waals surface area contributed by atoms with Crippen molar-refractivity contribution in [3.8, 4) is 5.75 Å². The Bertz CT molecular complexity index is 494. The average molecular weight is 303 g/mol. The number of likely N-dealkylation sites (tertiary alicyclic amines) is 1. The van der Waals surface area contributed by atoms with Crippen LogP contribution in [0.25, 0.3) is 0 Å². The summed E-state index contributed by atoms with van der Waals surface area (Å²) in [6.45, 7) is 1.99. The molecule has 1 atom stereocenters. The second kappa shape index (κ2) is 5.99. The third-order valence-electron chi connectivity index (χ3n) is 3.38. The molecule has 1 unspecified atom stereocenters. The minimum absolute atomic E-state index is 0.0913. The summed E-state index contributed by atoms with van der Waals surface area (Å²) in [6.07, 6.45) is 0.936. The molecule has 1 amide bonds. The van der Waals surface area contributed by atoms with Crippen LogP contribution in [0.5, 0.6) is 5.75 Å². The standard InChI is InChI=1S/C13H16Cl2N2O2/c1-19-12-5-11(15)10(14)4-9(12)13(18)17-3-2-8(6-16)7-17/h4-5,8H,2-3,6-7,16H2,1H3. The fourth-order valence-corrected chi connectivity index (χ4v) is 2.56. The SMILES string of the molecule is COc1cc(Cl)c(Cl)cc1C(=O)N1CCC(CN)C1. The summed E-state index contributed by atoms with van der Waals surface area (Å²) >= 11 is 11.9. The Balaban J connectivity index is 2.26. The van der Waals surface area contributed by atoms with Crippen LogP contribution in [0.1, 0.15) is 16.8 Å². The van der Waals surface area contributed by atoms with Gasteiger partial charge in [0, 0.05) is 19.2 Å². The van der Waals surface area contributed by atoms with Gasteiger partial charge in [0.1, 0.15) is 5.75 Å². The van der Waals surface area contributed by atoms with Gasteiger partial charge in [-0.15, -0.1) is 0 Å². The first-order valence-corrected chi connectivity index (χ1v) is 6.84. The van der Waals surface area contributed by atoms with Crippen molar-refractivity contribution >= 4 is 29.1 Å². The molecule has 0 aliphatic carbocycles. The highest BCUT2D eigenvalue weighted by atomic mass is 35.5. The fourth-order valence-electron chi connectivity index (χ4n) is 2.24. The molecular formula is C13H16Cl2N2O2. The van der Waals surface area contributed by atoms with Gasteiger partial charge in [-0.1, -0.05) is 23.2 Å². The number of carbonyl (C=O) groups excluding carboxylic acids is 1. The number of amides is 1. The second-order valence-electron chi connectivity index (χ2n) is 4.61. The summed E-state index contributed by atoms with van der Waals surface area (Å²) in [7, 11) is 1.50. The Morgan fingerprint density at radius 3 is 2.74 bits per heavy atom. The zero-order valence-electron chi connectivity index (χ0n) is 10.7. The molecular weight excluding hydrogens is 287 g/mol. The molecule has 104 valence electrons. The molecule has 1 aromatic rings. The van der Waals surface area contributed by atoms with E-state index in [2.05, 4.69) is 0 Å². The van der Waals surface area contributed by atoms with Crippen molar-refractivity contribution in [1.29, 1.82) is 0 Å². The minimum Gasteiger partial charge on any atom is -0.496 e. The van der Waals surface area contributed by atoms with E-state index in [4.69, 9.17) is 33.7 Å². The third kappa shape index (κ3) is 2.96. The summed E-state index contributed by atoms with van der Waals surface area (Å²) in [6, 6.07) is 3.12. The number of halogens is 2. The van der Waals surface area contributed by atoms with Gasteiger partial charge in [0.25, 0.3) is 5.91 Å². The maximum Gasteiger partial charge on any atom is 0.257 e. The fraction of sp³-hybridized carbons (Fsp3) is 0.462. The normalized spacial score (nSPS) is 18.7. The smallest absolute Gasteiger partial charge is 0.257 e. The number of rotatable bonds is 3. The number of methoxy groups -OCH3 is 1. The molecule has 1 aliphatic heterocycles. The van der Waals surface area contributed by atoms with E-state index in [-0.39, 0.29) is 5.91 Å². The van der Waals surface area contributed by atoms with Crippen molar-refractivity contribution in [1.82, 2.24) is 4.90 Å². The first-order chi connectivity index (χ1) is 9.06. The monoisotopic (exact) mass is 302 g/mol. The predicted molar refractivity (Wildman–Crippen MR) is 76.1 cm³/mol. The topological polar surface area (TPSA) is 55.6 Å². The van der Waals surface area contributed by atoms with Crippen LogP contribution in [0, 0.1) is 5.92 Å². The largest absolute Gasteiger partial charge is 0.496 e. The van der Waals surface area contributed by atoms with Gasteiger partial charge < -0.3 is 15.4 Å². The molecule has 0 bridgehead atoms. The molecule has 0 spiro atoms. The maximum atomic E-state index is 12.5. The molecule has 0 saturated carbocycles. The van der Waals surface area contributed by atoms with E-state index in [9.17, 15) is 4.79 Å². The Labute approximate surface area is 122 Å². The van der Waals surface area contributed by atoms with Crippen molar-refractivity contribution in [3.05, 3.63) is 27.7 Å². The number of hydrogen-bond acceptors (Lipinski definition) is 3. The van der Waals surface area contributed by atoms with Gasteiger partial charge in [0.15, 0.2) is 0 Å². The lowest BCUT2D eigenvalue weighted by atomic mass is 10.1. The van der Waals surface area contributed by atoms with E-state index in [1.807, 2.05) is 0 Å². The van der Waals surface area contributed by atoms with E-state index < -0.39 is 0 Å². The second-order valence-corrected chi connectivity index (χ2v) is 5.42. The lowest BCUT2D eigenvalue weighted by molar-refractivity contribution is 0.0784. The molecule has 2 N–H and O–H groups in total. The number of nitrogens with zero attached hydrogens (tertiary/aromatic N) is 1. The Kier molecular flexibility index (Phi) is 4.55. The molecule has 1 heterocycles. The van der Waals surface area contributed by atoms with Gasteiger partial charge in [-0.05, 0) is 24.9 Å². The molecule has 0 aromatic heterocycles. The van der Waals surface area contributed by atoms with E-state index in [0.29, 0.717) is 46.9 Å². The molecule has 1 saturated heterocycles. The first kappa shape index (κ1) is 14.4. The number of benzene rings is 1. The van der Waals surface area contributed by atoms with Gasteiger partial charge in [0.05, 0.1) is 22.7 Å². The first-order valence-electron chi connectivity index (χ1n) is 6.09. The van der Waals surface area contributed by atoms with Crippen LogP contribution in [-0.2, 0) is 0 Å². The Hall–Kier alpha value is -0.970. The molecule has 19 heavy (non-hydrogen) atoms.